The van der Waals surface area contributed by atoms with Gasteiger partial charge in [0.25, 0.3) is 0 Å². The SMILES string of the molecule is COc1ccc(C=C2C(=O)CC3CC[N+]2(C)CC3)cc1. The van der Waals surface area contributed by atoms with Gasteiger partial charge in [0.1, 0.15) is 5.75 Å². The molecule has 0 aromatic heterocycles. The van der Waals surface area contributed by atoms with Crippen molar-refractivity contribution in [3.8, 4) is 5.75 Å². The first-order chi connectivity index (χ1) is 9.60. The van der Waals surface area contributed by atoms with E-state index >= 15 is 0 Å². The third-order valence-corrected chi connectivity index (χ3v) is 4.82. The van der Waals surface area contributed by atoms with Crippen molar-refractivity contribution in [1.29, 1.82) is 0 Å². The number of fused-ring (bicyclic) bond motifs is 4. The predicted molar refractivity (Wildman–Crippen MR) is 79.2 cm³/mol. The molecule has 3 fully saturated rings. The summed E-state index contributed by atoms with van der Waals surface area (Å²) < 4.78 is 5.98. The normalized spacial score (nSPS) is 31.4. The molecule has 3 saturated heterocycles. The Kier molecular flexibility index (Phi) is 3.38. The topological polar surface area (TPSA) is 26.3 Å². The highest BCUT2D eigenvalue weighted by molar-refractivity contribution is 5.97. The predicted octanol–water partition coefficient (Wildman–Crippen LogP) is 2.87. The molecule has 0 aliphatic carbocycles. The number of allylic oxidation sites excluding steroid dienone is 1. The molecule has 0 amide bonds. The van der Waals surface area contributed by atoms with Gasteiger partial charge >= 0.3 is 0 Å². The van der Waals surface area contributed by atoms with E-state index in [2.05, 4.69) is 13.1 Å². The first kappa shape index (κ1) is 13.4. The molecule has 4 rings (SSSR count). The second-order valence-electron chi connectivity index (χ2n) is 6.22. The Balaban J connectivity index is 1.96. The van der Waals surface area contributed by atoms with Gasteiger partial charge in [-0.05, 0) is 23.6 Å². The van der Waals surface area contributed by atoms with Gasteiger partial charge in [-0.15, -0.1) is 0 Å². The Bertz CT molecular complexity index is 537. The van der Waals surface area contributed by atoms with E-state index < -0.39 is 0 Å². The third-order valence-electron chi connectivity index (χ3n) is 4.82. The molecule has 3 aliphatic heterocycles. The minimum absolute atomic E-state index is 0.336. The highest BCUT2D eigenvalue weighted by atomic mass is 16.5. The Morgan fingerprint density at radius 1 is 1.20 bits per heavy atom. The van der Waals surface area contributed by atoms with Gasteiger partial charge in [0.2, 0.25) is 5.78 Å². The molecule has 3 nitrogen and oxygen atoms in total. The van der Waals surface area contributed by atoms with Crippen LogP contribution in [0.3, 0.4) is 0 Å². The number of benzene rings is 1. The average molecular weight is 272 g/mol. The number of ketones is 1. The maximum Gasteiger partial charge on any atom is 0.216 e. The van der Waals surface area contributed by atoms with Gasteiger partial charge in [0.05, 0.1) is 27.2 Å². The molecular weight excluding hydrogens is 250 g/mol. The van der Waals surface area contributed by atoms with E-state index in [0.29, 0.717) is 11.7 Å². The summed E-state index contributed by atoms with van der Waals surface area (Å²) in [6.07, 6.45) is 5.18. The minimum atomic E-state index is 0.336. The van der Waals surface area contributed by atoms with E-state index in [4.69, 9.17) is 4.74 Å². The fraction of sp³-hybridized carbons (Fsp3) is 0.471. The largest absolute Gasteiger partial charge is 0.497 e. The zero-order valence-corrected chi connectivity index (χ0v) is 12.3. The summed E-state index contributed by atoms with van der Waals surface area (Å²) in [4.78, 5) is 12.5. The Hall–Kier alpha value is -1.61. The quantitative estimate of drug-likeness (QED) is 0.611. The second kappa shape index (κ2) is 5.06. The Morgan fingerprint density at radius 2 is 1.85 bits per heavy atom. The van der Waals surface area contributed by atoms with Crippen molar-refractivity contribution in [1.82, 2.24) is 0 Å². The van der Waals surface area contributed by atoms with E-state index in [0.717, 1.165) is 41.0 Å². The molecule has 0 radical (unpaired) electrons. The molecule has 3 heteroatoms. The minimum Gasteiger partial charge on any atom is -0.497 e. The smallest absolute Gasteiger partial charge is 0.216 e. The van der Waals surface area contributed by atoms with Gasteiger partial charge in [-0.3, -0.25) is 9.28 Å². The van der Waals surface area contributed by atoms with Gasteiger partial charge in [-0.1, -0.05) is 12.1 Å². The third kappa shape index (κ3) is 2.38. The van der Waals surface area contributed by atoms with E-state index in [-0.39, 0.29) is 0 Å². The van der Waals surface area contributed by atoms with E-state index in [1.165, 1.54) is 12.8 Å². The van der Waals surface area contributed by atoms with Crippen LogP contribution in [0, 0.1) is 5.92 Å². The molecule has 0 spiro atoms. The van der Waals surface area contributed by atoms with Crippen LogP contribution >= 0.6 is 0 Å². The lowest BCUT2D eigenvalue weighted by atomic mass is 9.94. The maximum absolute atomic E-state index is 12.5. The molecule has 0 atom stereocenters. The second-order valence-corrected chi connectivity index (χ2v) is 6.22. The van der Waals surface area contributed by atoms with Crippen LogP contribution in [0.15, 0.2) is 30.0 Å². The zero-order chi connectivity index (χ0) is 14.2. The molecule has 106 valence electrons. The highest BCUT2D eigenvalue weighted by Gasteiger charge is 2.42. The first-order valence-corrected chi connectivity index (χ1v) is 7.35. The van der Waals surface area contributed by atoms with Gasteiger partial charge in [0.15, 0.2) is 5.70 Å². The molecule has 2 bridgehead atoms. The van der Waals surface area contributed by atoms with Crippen LogP contribution in [0.5, 0.6) is 5.75 Å². The number of piperidine rings is 1. The van der Waals surface area contributed by atoms with Crippen molar-refractivity contribution in [2.75, 3.05) is 27.2 Å². The van der Waals surface area contributed by atoms with E-state index in [9.17, 15) is 4.79 Å². The maximum atomic E-state index is 12.5. The molecule has 1 aromatic rings. The van der Waals surface area contributed by atoms with Crippen LogP contribution in [0.2, 0.25) is 0 Å². The number of rotatable bonds is 2. The number of ether oxygens (including phenoxy) is 1. The van der Waals surface area contributed by atoms with Gasteiger partial charge in [-0.25, -0.2) is 0 Å². The lowest BCUT2D eigenvalue weighted by Gasteiger charge is -2.37. The summed E-state index contributed by atoms with van der Waals surface area (Å²) in [6, 6.07) is 7.92. The molecule has 3 aliphatic rings. The fourth-order valence-electron chi connectivity index (χ4n) is 3.40. The molecular formula is C17H22NO2+. The molecule has 0 saturated carbocycles. The molecule has 20 heavy (non-hydrogen) atoms. The summed E-state index contributed by atoms with van der Waals surface area (Å²) >= 11 is 0. The number of carbonyl (C=O) groups excluding carboxylic acids is 1. The van der Waals surface area contributed by atoms with Gasteiger partial charge in [0, 0.05) is 25.3 Å². The van der Waals surface area contributed by atoms with Crippen molar-refractivity contribution in [3.05, 3.63) is 35.5 Å². The summed E-state index contributed by atoms with van der Waals surface area (Å²) in [5.74, 6) is 1.79. The van der Waals surface area contributed by atoms with Crippen LogP contribution in [0.25, 0.3) is 6.08 Å². The number of likely N-dealkylation sites (N-methyl/N-ethyl adjacent to an activating group) is 1. The van der Waals surface area contributed by atoms with Gasteiger partial charge in [-0.2, -0.15) is 0 Å². The number of nitrogens with zero attached hydrogens (tertiary/aromatic N) is 1. The fourth-order valence-corrected chi connectivity index (χ4v) is 3.40. The van der Waals surface area contributed by atoms with E-state index in [1.807, 2.05) is 24.3 Å². The van der Waals surface area contributed by atoms with Crippen LogP contribution in [-0.4, -0.2) is 37.5 Å². The molecule has 3 heterocycles. The first-order valence-electron chi connectivity index (χ1n) is 7.35. The van der Waals surface area contributed by atoms with E-state index in [1.54, 1.807) is 7.11 Å². The van der Waals surface area contributed by atoms with Crippen LogP contribution in [0.1, 0.15) is 24.8 Å². The Morgan fingerprint density at radius 3 is 2.45 bits per heavy atom. The number of methoxy groups -OCH3 is 1. The Labute approximate surface area is 120 Å². The standard InChI is InChI=1S/C17H22NO2/c1-18-9-7-14(8-10-18)12-17(19)16(18)11-13-3-5-15(20-2)6-4-13/h3-6,11,14H,7-10,12H2,1-2H3/q+1. The summed E-state index contributed by atoms with van der Waals surface area (Å²) in [6.45, 7) is 2.19. The van der Waals surface area contributed by atoms with Crippen LogP contribution in [0.4, 0.5) is 0 Å². The lowest BCUT2D eigenvalue weighted by Crippen LogP contribution is -2.47. The van der Waals surface area contributed by atoms with Crippen molar-refractivity contribution in [2.24, 2.45) is 5.92 Å². The number of Topliss-reactive ketones (excluding diaryl/α,β-unsaturated/α-hetero) is 1. The summed E-state index contributed by atoms with van der Waals surface area (Å²) in [7, 11) is 3.87. The van der Waals surface area contributed by atoms with Crippen LogP contribution < -0.4 is 4.74 Å². The molecule has 1 aromatic carbocycles. The number of hydrogen-bond donors (Lipinski definition) is 0. The van der Waals surface area contributed by atoms with Crippen molar-refractivity contribution < 1.29 is 14.0 Å². The summed E-state index contributed by atoms with van der Waals surface area (Å²) in [5, 5.41) is 0. The van der Waals surface area contributed by atoms with Crippen LogP contribution in [-0.2, 0) is 4.79 Å². The van der Waals surface area contributed by atoms with Gasteiger partial charge < -0.3 is 4.74 Å². The number of carbonyl (C=O) groups is 1. The van der Waals surface area contributed by atoms with Crippen molar-refractivity contribution in [3.63, 3.8) is 0 Å². The average Bonchev–Trinajstić information content (AvgIpc) is 2.65. The highest BCUT2D eigenvalue weighted by Crippen LogP contribution is 2.36. The monoisotopic (exact) mass is 272 g/mol. The summed E-state index contributed by atoms with van der Waals surface area (Å²) in [5.41, 5.74) is 2.06. The molecule has 0 N–H and O–H groups in total. The van der Waals surface area contributed by atoms with Crippen molar-refractivity contribution >= 4 is 11.9 Å². The lowest BCUT2D eigenvalue weighted by molar-refractivity contribution is -0.872. The van der Waals surface area contributed by atoms with Crippen molar-refractivity contribution in [2.45, 2.75) is 19.3 Å². The zero-order valence-electron chi connectivity index (χ0n) is 12.3. The number of hydrogen-bond acceptors (Lipinski definition) is 2. The number of quaternary nitrogens is 1. The molecule has 0 unspecified atom stereocenters.